The molecular weight excluding hydrogens is 414 g/mol. The number of hydrogen-bond acceptors (Lipinski definition) is 4. The fraction of sp³-hybridized carbons (Fsp3) is 0.429. The van der Waals surface area contributed by atoms with Crippen LogP contribution < -0.4 is 5.32 Å². The van der Waals surface area contributed by atoms with Gasteiger partial charge >= 0.3 is 5.97 Å². The summed E-state index contributed by atoms with van der Waals surface area (Å²) in [6, 6.07) is 12.1. The van der Waals surface area contributed by atoms with E-state index in [2.05, 4.69) is 5.32 Å². The van der Waals surface area contributed by atoms with E-state index in [4.69, 9.17) is 9.47 Å². The summed E-state index contributed by atoms with van der Waals surface area (Å²) < 4.78 is 11.7. The van der Waals surface area contributed by atoms with Crippen molar-refractivity contribution in [3.63, 3.8) is 0 Å². The van der Waals surface area contributed by atoms with Gasteiger partial charge < -0.3 is 14.8 Å². The van der Waals surface area contributed by atoms with E-state index in [0.29, 0.717) is 24.2 Å². The summed E-state index contributed by atoms with van der Waals surface area (Å²) in [6.45, 7) is 7.99. The Labute approximate surface area is 196 Å². The van der Waals surface area contributed by atoms with Gasteiger partial charge in [-0.1, -0.05) is 47.5 Å². The summed E-state index contributed by atoms with van der Waals surface area (Å²) in [5.74, 6) is -0.0357. The molecule has 2 aromatic carbocycles. The van der Waals surface area contributed by atoms with E-state index in [1.54, 1.807) is 7.11 Å². The fourth-order valence-electron chi connectivity index (χ4n) is 5.05. The highest BCUT2D eigenvalue weighted by molar-refractivity contribution is 6.24. The van der Waals surface area contributed by atoms with Gasteiger partial charge in [0.25, 0.3) is 5.91 Å². The fourth-order valence-corrected chi connectivity index (χ4v) is 5.05. The van der Waals surface area contributed by atoms with Crippen molar-refractivity contribution < 1.29 is 19.1 Å². The number of amides is 1. The highest BCUT2D eigenvalue weighted by atomic mass is 16.5. The molecule has 2 aromatic rings. The third-order valence-corrected chi connectivity index (χ3v) is 7.08. The summed E-state index contributed by atoms with van der Waals surface area (Å²) in [7, 11) is 1.72. The Morgan fingerprint density at radius 1 is 1.00 bits per heavy atom. The molecule has 0 bridgehead atoms. The number of aryl methyl sites for hydroxylation is 4. The topological polar surface area (TPSA) is 64.6 Å². The Morgan fingerprint density at radius 3 is 2.30 bits per heavy atom. The third kappa shape index (κ3) is 4.60. The summed E-state index contributed by atoms with van der Waals surface area (Å²) in [6.07, 6.45) is 3.28. The maximum absolute atomic E-state index is 13.3. The first-order valence-corrected chi connectivity index (χ1v) is 11.7. The monoisotopic (exact) mass is 447 g/mol. The van der Waals surface area contributed by atoms with Crippen molar-refractivity contribution in [3.05, 3.63) is 75.5 Å². The van der Waals surface area contributed by atoms with Crippen LogP contribution in [0.5, 0.6) is 0 Å². The maximum atomic E-state index is 13.3. The van der Waals surface area contributed by atoms with Gasteiger partial charge in [-0.05, 0) is 75.6 Å². The van der Waals surface area contributed by atoms with Crippen LogP contribution in [-0.2, 0) is 25.5 Å². The molecule has 1 aliphatic carbocycles. The molecule has 0 saturated heterocycles. The average molecular weight is 448 g/mol. The molecule has 4 rings (SSSR count). The quantitative estimate of drug-likeness (QED) is 0.664. The highest BCUT2D eigenvalue weighted by Crippen LogP contribution is 2.44. The van der Waals surface area contributed by atoms with Crippen molar-refractivity contribution in [2.45, 2.75) is 71.4 Å². The van der Waals surface area contributed by atoms with Gasteiger partial charge in [-0.2, -0.15) is 0 Å². The molecule has 0 unspecified atom stereocenters. The zero-order valence-electron chi connectivity index (χ0n) is 20.2. The maximum Gasteiger partial charge on any atom is 0.315 e. The summed E-state index contributed by atoms with van der Waals surface area (Å²) in [5.41, 5.74) is 5.78. The minimum Gasteiger partial charge on any atom is -0.427 e. The lowest BCUT2D eigenvalue weighted by Crippen LogP contribution is -2.49. The second-order valence-corrected chi connectivity index (χ2v) is 9.57. The largest absolute Gasteiger partial charge is 0.427 e. The number of ether oxygens (including phenoxy) is 2. The smallest absolute Gasteiger partial charge is 0.315 e. The second-order valence-electron chi connectivity index (χ2n) is 9.57. The second kappa shape index (κ2) is 9.14. The van der Waals surface area contributed by atoms with Gasteiger partial charge in [-0.25, -0.2) is 0 Å². The number of nitrogens with one attached hydrogen (secondary N) is 1. The van der Waals surface area contributed by atoms with Crippen molar-refractivity contribution in [2.75, 3.05) is 7.11 Å². The molecule has 2 aliphatic rings. The molecule has 1 spiro atoms. The molecule has 0 atom stereocenters. The lowest BCUT2D eigenvalue weighted by Gasteiger charge is -2.37. The molecule has 1 N–H and O–H groups in total. The molecule has 5 nitrogen and oxygen atoms in total. The van der Waals surface area contributed by atoms with Crippen LogP contribution in [0, 0.1) is 27.7 Å². The number of rotatable bonds is 5. The number of hydrogen-bond donors (Lipinski definition) is 1. The number of benzene rings is 2. The molecular formula is C28H33NO4. The van der Waals surface area contributed by atoms with Crippen molar-refractivity contribution in [2.24, 2.45) is 0 Å². The molecule has 1 heterocycles. The van der Waals surface area contributed by atoms with Crippen LogP contribution >= 0.6 is 0 Å². The Morgan fingerprint density at radius 2 is 1.64 bits per heavy atom. The third-order valence-electron chi connectivity index (χ3n) is 7.08. The molecule has 1 saturated carbocycles. The molecule has 1 amide bonds. The van der Waals surface area contributed by atoms with Gasteiger partial charge in [0.2, 0.25) is 0 Å². The highest BCUT2D eigenvalue weighted by Gasteiger charge is 2.50. The Hall–Kier alpha value is -2.92. The van der Waals surface area contributed by atoms with Gasteiger partial charge in [-0.15, -0.1) is 0 Å². The SMILES string of the molecule is COC1CCC2(CC1)NC(=O)C(c1cc(C)ccc1C)=C2OC(=O)Cc1cc(C)ccc1C. The molecule has 0 radical (unpaired) electrons. The summed E-state index contributed by atoms with van der Waals surface area (Å²) in [4.78, 5) is 26.5. The zero-order valence-corrected chi connectivity index (χ0v) is 20.2. The predicted molar refractivity (Wildman–Crippen MR) is 129 cm³/mol. The van der Waals surface area contributed by atoms with Crippen molar-refractivity contribution in [1.82, 2.24) is 5.32 Å². The first-order chi connectivity index (χ1) is 15.7. The van der Waals surface area contributed by atoms with Gasteiger partial charge in [0.15, 0.2) is 0 Å². The van der Waals surface area contributed by atoms with Crippen LogP contribution in [0.15, 0.2) is 42.2 Å². The average Bonchev–Trinajstić information content (AvgIpc) is 3.03. The molecule has 1 fully saturated rings. The number of esters is 1. The van der Waals surface area contributed by atoms with Gasteiger partial charge in [0.1, 0.15) is 5.76 Å². The Bertz CT molecular complexity index is 1120. The number of methoxy groups -OCH3 is 1. The van der Waals surface area contributed by atoms with E-state index in [1.165, 1.54) is 0 Å². The van der Waals surface area contributed by atoms with E-state index in [0.717, 1.165) is 46.2 Å². The minimum absolute atomic E-state index is 0.157. The lowest BCUT2D eigenvalue weighted by molar-refractivity contribution is -0.140. The molecule has 33 heavy (non-hydrogen) atoms. The van der Waals surface area contributed by atoms with Crippen LogP contribution in [-0.4, -0.2) is 30.6 Å². The van der Waals surface area contributed by atoms with Crippen LogP contribution in [0.3, 0.4) is 0 Å². The van der Waals surface area contributed by atoms with E-state index in [-0.39, 0.29) is 24.4 Å². The van der Waals surface area contributed by atoms with E-state index >= 15 is 0 Å². The van der Waals surface area contributed by atoms with Crippen LogP contribution in [0.4, 0.5) is 0 Å². The molecule has 0 aromatic heterocycles. The van der Waals surface area contributed by atoms with Crippen LogP contribution in [0.2, 0.25) is 0 Å². The zero-order chi connectivity index (χ0) is 23.8. The molecule has 5 heteroatoms. The van der Waals surface area contributed by atoms with Crippen molar-refractivity contribution in [3.8, 4) is 0 Å². The molecule has 174 valence electrons. The van der Waals surface area contributed by atoms with Crippen molar-refractivity contribution >= 4 is 17.4 Å². The molecule has 1 aliphatic heterocycles. The summed E-state index contributed by atoms with van der Waals surface area (Å²) in [5, 5.41) is 3.20. The predicted octanol–water partition coefficient (Wildman–Crippen LogP) is 4.87. The summed E-state index contributed by atoms with van der Waals surface area (Å²) >= 11 is 0. The van der Waals surface area contributed by atoms with E-state index < -0.39 is 5.54 Å². The first-order valence-electron chi connectivity index (χ1n) is 11.7. The van der Waals surface area contributed by atoms with Gasteiger partial charge in [0, 0.05) is 7.11 Å². The number of carbonyl (C=O) groups is 2. The van der Waals surface area contributed by atoms with Crippen LogP contribution in [0.1, 0.15) is 59.1 Å². The minimum atomic E-state index is -0.672. The Kier molecular flexibility index (Phi) is 6.44. The standard InChI is InChI=1S/C28H33NO4/c1-17-6-8-19(3)21(14-17)16-24(30)33-26-25(23-15-18(2)7-9-20(23)4)27(31)29-28(26)12-10-22(32-5)11-13-28/h6-9,14-15,22H,10-13,16H2,1-5H3,(H,29,31). The van der Waals surface area contributed by atoms with Gasteiger partial charge in [0.05, 0.1) is 23.6 Å². The number of carbonyl (C=O) groups excluding carboxylic acids is 2. The van der Waals surface area contributed by atoms with Crippen LogP contribution in [0.25, 0.3) is 5.57 Å². The van der Waals surface area contributed by atoms with Gasteiger partial charge in [-0.3, -0.25) is 9.59 Å². The Balaban J connectivity index is 1.74. The lowest BCUT2D eigenvalue weighted by atomic mass is 9.79. The first kappa shape index (κ1) is 23.2. The van der Waals surface area contributed by atoms with E-state index in [1.807, 2.05) is 64.1 Å². The normalized spacial score (nSPS) is 22.6. The van der Waals surface area contributed by atoms with Crippen molar-refractivity contribution in [1.29, 1.82) is 0 Å². The van der Waals surface area contributed by atoms with E-state index in [9.17, 15) is 9.59 Å².